The summed E-state index contributed by atoms with van der Waals surface area (Å²) in [4.78, 5) is 1.13. The lowest BCUT2D eigenvalue weighted by molar-refractivity contribution is 0.00578. The Kier molecular flexibility index (Phi) is 3.69. The highest BCUT2D eigenvalue weighted by Gasteiger charge is 2.51. The number of thiophene rings is 1. The van der Waals surface area contributed by atoms with Gasteiger partial charge in [-0.2, -0.15) is 0 Å². The summed E-state index contributed by atoms with van der Waals surface area (Å²) in [6.07, 6.45) is 0. The molecule has 0 amide bonds. The molecule has 0 N–H and O–H groups in total. The standard InChI is InChI=1S/C16H18BClO2S/c1-15(2)16(3,4)20-17(19-15)11-9-14(21-10-11)12-7-5-6-8-13(12)18/h5-10H,1-4H3. The molecule has 2 heterocycles. The van der Waals surface area contributed by atoms with E-state index in [9.17, 15) is 0 Å². The van der Waals surface area contributed by atoms with Gasteiger partial charge in [-0.05, 0) is 50.7 Å². The van der Waals surface area contributed by atoms with Crippen LogP contribution >= 0.6 is 22.9 Å². The van der Waals surface area contributed by atoms with Crippen LogP contribution < -0.4 is 5.46 Å². The van der Waals surface area contributed by atoms with Gasteiger partial charge < -0.3 is 9.31 Å². The van der Waals surface area contributed by atoms with Crippen LogP contribution in [0.3, 0.4) is 0 Å². The first kappa shape index (κ1) is 15.1. The van der Waals surface area contributed by atoms with Gasteiger partial charge in [0.05, 0.1) is 11.2 Å². The van der Waals surface area contributed by atoms with Crippen molar-refractivity contribution in [3.63, 3.8) is 0 Å². The summed E-state index contributed by atoms with van der Waals surface area (Å²) in [7, 11) is -0.317. The molecular weight excluding hydrogens is 303 g/mol. The predicted octanol–water partition coefficient (Wildman–Crippen LogP) is 4.37. The van der Waals surface area contributed by atoms with Crippen LogP contribution in [0.4, 0.5) is 0 Å². The fourth-order valence-corrected chi connectivity index (χ4v) is 3.50. The van der Waals surface area contributed by atoms with Gasteiger partial charge in [0.25, 0.3) is 0 Å². The summed E-state index contributed by atoms with van der Waals surface area (Å²) in [5, 5.41) is 2.85. The van der Waals surface area contributed by atoms with Crippen LogP contribution in [-0.4, -0.2) is 18.3 Å². The summed E-state index contributed by atoms with van der Waals surface area (Å²) in [6.45, 7) is 8.26. The summed E-state index contributed by atoms with van der Waals surface area (Å²) in [6, 6.07) is 9.98. The van der Waals surface area contributed by atoms with Crippen LogP contribution in [0.2, 0.25) is 5.02 Å². The van der Waals surface area contributed by atoms with E-state index in [1.165, 1.54) is 0 Å². The second-order valence-corrected chi connectivity index (χ2v) is 7.63. The van der Waals surface area contributed by atoms with E-state index >= 15 is 0 Å². The van der Waals surface area contributed by atoms with Crippen LogP contribution in [0.5, 0.6) is 0 Å². The Morgan fingerprint density at radius 2 is 1.67 bits per heavy atom. The fraction of sp³-hybridized carbons (Fsp3) is 0.375. The molecule has 0 atom stereocenters. The molecule has 2 nitrogen and oxygen atoms in total. The van der Waals surface area contributed by atoms with Gasteiger partial charge in [-0.15, -0.1) is 11.3 Å². The Labute approximate surface area is 135 Å². The first-order valence-corrected chi connectivity index (χ1v) is 8.25. The van der Waals surface area contributed by atoms with Crippen LogP contribution in [0.1, 0.15) is 27.7 Å². The summed E-state index contributed by atoms with van der Waals surface area (Å²) < 4.78 is 12.2. The Hall–Kier alpha value is -0.805. The molecule has 110 valence electrons. The van der Waals surface area contributed by atoms with E-state index in [0.29, 0.717) is 0 Å². The Morgan fingerprint density at radius 3 is 2.29 bits per heavy atom. The number of halogens is 1. The lowest BCUT2D eigenvalue weighted by atomic mass is 9.81. The van der Waals surface area contributed by atoms with Gasteiger partial charge in [0, 0.05) is 15.5 Å². The molecule has 1 aliphatic heterocycles. The lowest BCUT2D eigenvalue weighted by Crippen LogP contribution is -2.41. The first-order valence-electron chi connectivity index (χ1n) is 6.99. The van der Waals surface area contributed by atoms with Crippen molar-refractivity contribution in [2.24, 2.45) is 0 Å². The molecule has 1 saturated heterocycles. The molecule has 0 spiro atoms. The molecule has 5 heteroatoms. The third-order valence-corrected chi connectivity index (χ3v) is 5.60. The third-order valence-electron chi connectivity index (χ3n) is 4.28. The average Bonchev–Trinajstić information content (AvgIpc) is 2.94. The molecule has 1 fully saturated rings. The maximum absolute atomic E-state index is 6.26. The molecular formula is C16H18BClO2S. The van der Waals surface area contributed by atoms with Crippen molar-refractivity contribution in [2.75, 3.05) is 0 Å². The zero-order valence-electron chi connectivity index (χ0n) is 12.6. The van der Waals surface area contributed by atoms with E-state index < -0.39 is 0 Å². The SMILES string of the molecule is CC1(C)OB(c2csc(-c3ccccc3Cl)c2)OC1(C)C. The monoisotopic (exact) mass is 320 g/mol. The Bertz CT molecular complexity index is 650. The number of hydrogen-bond acceptors (Lipinski definition) is 3. The highest BCUT2D eigenvalue weighted by atomic mass is 35.5. The lowest BCUT2D eigenvalue weighted by Gasteiger charge is -2.32. The van der Waals surface area contributed by atoms with Crippen molar-refractivity contribution in [3.05, 3.63) is 40.7 Å². The van der Waals surface area contributed by atoms with Gasteiger partial charge in [0.1, 0.15) is 0 Å². The minimum atomic E-state index is -0.317. The molecule has 0 unspecified atom stereocenters. The average molecular weight is 321 g/mol. The summed E-state index contributed by atoms with van der Waals surface area (Å²) in [5.41, 5.74) is 1.47. The minimum Gasteiger partial charge on any atom is -0.399 e. The smallest absolute Gasteiger partial charge is 0.399 e. The summed E-state index contributed by atoms with van der Waals surface area (Å²) in [5.74, 6) is 0. The second-order valence-electron chi connectivity index (χ2n) is 6.31. The van der Waals surface area contributed by atoms with Crippen LogP contribution in [-0.2, 0) is 9.31 Å². The van der Waals surface area contributed by atoms with Gasteiger partial charge in [-0.25, -0.2) is 0 Å². The summed E-state index contributed by atoms with van der Waals surface area (Å²) >= 11 is 7.92. The van der Waals surface area contributed by atoms with Gasteiger partial charge in [0.15, 0.2) is 0 Å². The van der Waals surface area contributed by atoms with Crippen LogP contribution in [0, 0.1) is 0 Å². The maximum atomic E-state index is 6.26. The van der Waals surface area contributed by atoms with Crippen molar-refractivity contribution in [1.29, 1.82) is 0 Å². The Balaban J connectivity index is 1.89. The Morgan fingerprint density at radius 1 is 1.05 bits per heavy atom. The van der Waals surface area contributed by atoms with E-state index in [1.54, 1.807) is 11.3 Å². The van der Waals surface area contributed by atoms with Gasteiger partial charge in [0.2, 0.25) is 0 Å². The fourth-order valence-electron chi connectivity index (χ4n) is 2.26. The molecule has 0 saturated carbocycles. The molecule has 1 aliphatic rings. The van der Waals surface area contributed by atoms with Crippen LogP contribution in [0.15, 0.2) is 35.7 Å². The molecule has 0 aliphatic carbocycles. The van der Waals surface area contributed by atoms with Gasteiger partial charge in [-0.3, -0.25) is 0 Å². The predicted molar refractivity (Wildman–Crippen MR) is 90.5 cm³/mol. The van der Waals surface area contributed by atoms with E-state index in [2.05, 4.69) is 39.1 Å². The third kappa shape index (κ3) is 2.66. The topological polar surface area (TPSA) is 18.5 Å². The quantitative estimate of drug-likeness (QED) is 0.765. The van der Waals surface area contributed by atoms with Crippen LogP contribution in [0.25, 0.3) is 10.4 Å². The molecule has 2 aromatic rings. The van der Waals surface area contributed by atoms with E-state index in [1.807, 2.05) is 24.3 Å². The van der Waals surface area contributed by atoms with Crippen molar-refractivity contribution in [2.45, 2.75) is 38.9 Å². The van der Waals surface area contributed by atoms with E-state index in [-0.39, 0.29) is 18.3 Å². The molecule has 21 heavy (non-hydrogen) atoms. The number of benzene rings is 1. The molecule has 1 aromatic heterocycles. The maximum Gasteiger partial charge on any atom is 0.495 e. The number of rotatable bonds is 2. The van der Waals surface area contributed by atoms with Gasteiger partial charge in [-0.1, -0.05) is 29.8 Å². The van der Waals surface area contributed by atoms with E-state index in [4.69, 9.17) is 20.9 Å². The second kappa shape index (κ2) is 5.13. The van der Waals surface area contributed by atoms with Crippen molar-refractivity contribution in [3.8, 4) is 10.4 Å². The van der Waals surface area contributed by atoms with Gasteiger partial charge >= 0.3 is 7.12 Å². The normalized spacial score (nSPS) is 20.0. The number of hydrogen-bond donors (Lipinski definition) is 0. The highest BCUT2D eigenvalue weighted by Crippen LogP contribution is 2.37. The van der Waals surface area contributed by atoms with Crippen molar-refractivity contribution < 1.29 is 9.31 Å². The van der Waals surface area contributed by atoms with Crippen molar-refractivity contribution in [1.82, 2.24) is 0 Å². The van der Waals surface area contributed by atoms with E-state index in [0.717, 1.165) is 20.9 Å². The minimum absolute atomic E-state index is 0.315. The zero-order valence-corrected chi connectivity index (χ0v) is 14.2. The zero-order chi connectivity index (χ0) is 15.3. The highest BCUT2D eigenvalue weighted by molar-refractivity contribution is 7.14. The molecule has 0 radical (unpaired) electrons. The van der Waals surface area contributed by atoms with Crippen molar-refractivity contribution >= 4 is 35.5 Å². The molecule has 3 rings (SSSR count). The largest absolute Gasteiger partial charge is 0.495 e. The first-order chi connectivity index (χ1) is 9.80. The molecule has 1 aromatic carbocycles. The molecule has 0 bridgehead atoms.